The molecule has 0 saturated carbocycles. The van der Waals surface area contributed by atoms with Gasteiger partial charge in [0.1, 0.15) is 0 Å². The monoisotopic (exact) mass is 265 g/mol. The SMILES string of the molecule is CC1(N)C=CC=C2c3ccc4ccccc4c3SC21. The number of rotatable bonds is 0. The molecular formula is C17H15NS. The van der Waals surface area contributed by atoms with Crippen LogP contribution in [-0.2, 0) is 0 Å². The van der Waals surface area contributed by atoms with Crippen LogP contribution in [0.3, 0.4) is 0 Å². The zero-order chi connectivity index (χ0) is 13.0. The van der Waals surface area contributed by atoms with Crippen molar-refractivity contribution in [1.82, 2.24) is 0 Å². The average Bonchev–Trinajstić information content (AvgIpc) is 2.79. The maximum Gasteiger partial charge on any atom is 0.0564 e. The first kappa shape index (κ1) is 11.3. The topological polar surface area (TPSA) is 26.0 Å². The van der Waals surface area contributed by atoms with Crippen molar-refractivity contribution in [3.05, 3.63) is 60.2 Å². The maximum atomic E-state index is 6.44. The van der Waals surface area contributed by atoms with E-state index in [0.29, 0.717) is 5.25 Å². The largest absolute Gasteiger partial charge is 0.321 e. The van der Waals surface area contributed by atoms with Crippen LogP contribution in [0.1, 0.15) is 12.5 Å². The van der Waals surface area contributed by atoms with E-state index in [1.54, 1.807) is 0 Å². The van der Waals surface area contributed by atoms with Crippen molar-refractivity contribution in [1.29, 1.82) is 0 Å². The Hall–Kier alpha value is -1.51. The highest BCUT2D eigenvalue weighted by molar-refractivity contribution is 8.01. The number of nitrogens with two attached hydrogens (primary N) is 1. The van der Waals surface area contributed by atoms with Gasteiger partial charge in [-0.15, -0.1) is 11.8 Å². The van der Waals surface area contributed by atoms with Gasteiger partial charge >= 0.3 is 0 Å². The number of hydrogen-bond donors (Lipinski definition) is 1. The summed E-state index contributed by atoms with van der Waals surface area (Å²) in [5.41, 5.74) is 8.90. The molecule has 0 aromatic heterocycles. The first-order valence-electron chi connectivity index (χ1n) is 6.54. The summed E-state index contributed by atoms with van der Waals surface area (Å²) in [4.78, 5) is 1.38. The number of thioether (sulfide) groups is 1. The molecule has 0 spiro atoms. The van der Waals surface area contributed by atoms with E-state index in [2.05, 4.69) is 61.5 Å². The maximum absolute atomic E-state index is 6.44. The summed E-state index contributed by atoms with van der Waals surface area (Å²) in [6.07, 6.45) is 6.42. The van der Waals surface area contributed by atoms with E-state index in [4.69, 9.17) is 5.73 Å². The smallest absolute Gasteiger partial charge is 0.0564 e. The predicted octanol–water partition coefficient (Wildman–Crippen LogP) is 3.98. The van der Waals surface area contributed by atoms with Crippen LogP contribution in [0.15, 0.2) is 59.5 Å². The van der Waals surface area contributed by atoms with Crippen molar-refractivity contribution < 1.29 is 0 Å². The minimum atomic E-state index is -0.269. The van der Waals surface area contributed by atoms with Crippen molar-refractivity contribution in [3.8, 4) is 0 Å². The molecule has 0 saturated heterocycles. The third kappa shape index (κ3) is 1.54. The molecule has 0 amide bonds. The van der Waals surface area contributed by atoms with Crippen LogP contribution in [0.5, 0.6) is 0 Å². The van der Waals surface area contributed by atoms with Crippen molar-refractivity contribution in [3.63, 3.8) is 0 Å². The minimum absolute atomic E-state index is 0.269. The van der Waals surface area contributed by atoms with Gasteiger partial charge in [0.25, 0.3) is 0 Å². The number of allylic oxidation sites excluding steroid dienone is 2. The molecule has 2 atom stereocenters. The lowest BCUT2D eigenvalue weighted by Crippen LogP contribution is -2.44. The Bertz CT molecular complexity index is 740. The molecule has 2 aromatic carbocycles. The van der Waals surface area contributed by atoms with Crippen LogP contribution in [0.25, 0.3) is 16.3 Å². The molecule has 1 aliphatic heterocycles. The first-order chi connectivity index (χ1) is 9.17. The van der Waals surface area contributed by atoms with Crippen LogP contribution in [0.2, 0.25) is 0 Å². The van der Waals surface area contributed by atoms with Crippen molar-refractivity contribution in [2.75, 3.05) is 0 Å². The second kappa shape index (κ2) is 3.75. The van der Waals surface area contributed by atoms with E-state index in [1.165, 1.54) is 26.8 Å². The average molecular weight is 265 g/mol. The number of fused-ring (bicyclic) bond motifs is 5. The van der Waals surface area contributed by atoms with Crippen LogP contribution < -0.4 is 5.73 Å². The van der Waals surface area contributed by atoms with Gasteiger partial charge in [0.15, 0.2) is 0 Å². The molecule has 2 N–H and O–H groups in total. The zero-order valence-corrected chi connectivity index (χ0v) is 11.6. The van der Waals surface area contributed by atoms with Gasteiger partial charge in [-0.05, 0) is 28.8 Å². The van der Waals surface area contributed by atoms with Crippen molar-refractivity contribution in [2.45, 2.75) is 22.6 Å². The molecule has 0 radical (unpaired) electrons. The lowest BCUT2D eigenvalue weighted by atomic mass is 9.85. The first-order valence-corrected chi connectivity index (χ1v) is 7.42. The lowest BCUT2D eigenvalue weighted by molar-refractivity contribution is 0.613. The number of hydrogen-bond acceptors (Lipinski definition) is 2. The molecule has 94 valence electrons. The van der Waals surface area contributed by atoms with E-state index in [-0.39, 0.29) is 5.54 Å². The van der Waals surface area contributed by atoms with Crippen LogP contribution in [-0.4, -0.2) is 10.8 Å². The Morgan fingerprint density at radius 2 is 2.00 bits per heavy atom. The molecule has 2 aliphatic rings. The quantitative estimate of drug-likeness (QED) is 0.779. The van der Waals surface area contributed by atoms with E-state index in [9.17, 15) is 0 Å². The molecule has 0 fully saturated rings. The second-order valence-corrected chi connectivity index (χ2v) is 6.62. The Morgan fingerprint density at radius 1 is 1.16 bits per heavy atom. The predicted molar refractivity (Wildman–Crippen MR) is 83.3 cm³/mol. The van der Waals surface area contributed by atoms with Gasteiger partial charge in [0.05, 0.1) is 5.25 Å². The van der Waals surface area contributed by atoms with Gasteiger partial charge in [0, 0.05) is 10.4 Å². The molecule has 2 aromatic rings. The normalized spacial score (nSPS) is 28.1. The summed E-state index contributed by atoms with van der Waals surface area (Å²) in [5.74, 6) is 0. The summed E-state index contributed by atoms with van der Waals surface area (Å²) >= 11 is 1.91. The molecule has 1 aliphatic carbocycles. The van der Waals surface area contributed by atoms with Crippen LogP contribution in [0, 0.1) is 0 Å². The Labute approximate surface area is 117 Å². The van der Waals surface area contributed by atoms with E-state index in [1.807, 2.05) is 11.8 Å². The molecular weight excluding hydrogens is 250 g/mol. The van der Waals surface area contributed by atoms with Gasteiger partial charge < -0.3 is 5.73 Å². The van der Waals surface area contributed by atoms with Gasteiger partial charge in [-0.3, -0.25) is 0 Å². The van der Waals surface area contributed by atoms with Crippen LogP contribution >= 0.6 is 11.8 Å². The molecule has 2 heteroatoms. The minimum Gasteiger partial charge on any atom is -0.321 e. The molecule has 0 bridgehead atoms. The summed E-state index contributed by atoms with van der Waals surface area (Å²) < 4.78 is 0. The second-order valence-electron chi connectivity index (χ2n) is 5.51. The highest BCUT2D eigenvalue weighted by atomic mass is 32.2. The van der Waals surface area contributed by atoms with Gasteiger partial charge in [-0.25, -0.2) is 0 Å². The molecule has 1 nitrogen and oxygen atoms in total. The third-order valence-electron chi connectivity index (χ3n) is 4.00. The van der Waals surface area contributed by atoms with E-state index >= 15 is 0 Å². The fourth-order valence-corrected chi connectivity index (χ4v) is 4.53. The van der Waals surface area contributed by atoms with E-state index < -0.39 is 0 Å². The standard InChI is InChI=1S/C17H15NS/c1-17(18)10-4-7-14-13-9-8-11-5-2-3-6-12(11)15(13)19-16(14)17/h2-10,16H,18H2,1H3. The zero-order valence-electron chi connectivity index (χ0n) is 10.8. The van der Waals surface area contributed by atoms with Crippen LogP contribution in [0.4, 0.5) is 0 Å². The van der Waals surface area contributed by atoms with E-state index in [0.717, 1.165) is 0 Å². The fraction of sp³-hybridized carbons (Fsp3) is 0.176. The molecule has 2 unspecified atom stereocenters. The highest BCUT2D eigenvalue weighted by Crippen LogP contribution is 2.52. The summed E-state index contributed by atoms with van der Waals surface area (Å²) in [5, 5.41) is 2.98. The Kier molecular flexibility index (Phi) is 2.23. The highest BCUT2D eigenvalue weighted by Gasteiger charge is 2.39. The number of benzene rings is 2. The van der Waals surface area contributed by atoms with Gasteiger partial charge in [0.2, 0.25) is 0 Å². The van der Waals surface area contributed by atoms with Crippen molar-refractivity contribution >= 4 is 28.1 Å². The Balaban J connectivity index is 1.99. The molecule has 19 heavy (non-hydrogen) atoms. The summed E-state index contributed by atoms with van der Waals surface area (Å²) in [7, 11) is 0. The van der Waals surface area contributed by atoms with Gasteiger partial charge in [-0.2, -0.15) is 0 Å². The third-order valence-corrected chi connectivity index (χ3v) is 5.68. The van der Waals surface area contributed by atoms with Crippen molar-refractivity contribution in [2.24, 2.45) is 5.73 Å². The molecule has 4 rings (SSSR count). The summed E-state index contributed by atoms with van der Waals surface area (Å²) in [6, 6.07) is 13.0. The lowest BCUT2D eigenvalue weighted by Gasteiger charge is -2.30. The van der Waals surface area contributed by atoms with Gasteiger partial charge in [-0.1, -0.05) is 54.6 Å². The summed E-state index contributed by atoms with van der Waals surface area (Å²) in [6.45, 7) is 2.11. The molecule has 1 heterocycles. The fourth-order valence-electron chi connectivity index (χ4n) is 3.01. The Morgan fingerprint density at radius 3 is 2.89 bits per heavy atom.